The number of aliphatic imine (C=N–C) groups is 1. The molecule has 1 atom stereocenters. The first-order valence-corrected chi connectivity index (χ1v) is 10.6. The van der Waals surface area contributed by atoms with Crippen molar-refractivity contribution >= 4 is 18.1 Å². The number of ether oxygens (including phenoxy) is 1. The molecule has 1 unspecified atom stereocenters. The second-order valence-electron chi connectivity index (χ2n) is 9.75. The lowest BCUT2D eigenvalue weighted by Crippen LogP contribution is -2.44. The minimum absolute atomic E-state index is 0.0247. The topological polar surface area (TPSA) is 78.0 Å². The first-order valence-electron chi connectivity index (χ1n) is 10.6. The molecule has 1 fully saturated rings. The van der Waals surface area contributed by atoms with E-state index in [1.165, 1.54) is 29.3 Å². The normalized spacial score (nSPS) is 18.0. The van der Waals surface area contributed by atoms with E-state index < -0.39 is 0 Å². The van der Waals surface area contributed by atoms with E-state index in [1.807, 2.05) is 0 Å². The molecule has 160 valence electrons. The first kappa shape index (κ1) is 23.1. The highest BCUT2D eigenvalue weighted by molar-refractivity contribution is 6.55. The van der Waals surface area contributed by atoms with Crippen LogP contribution in [-0.2, 0) is 10.8 Å². The van der Waals surface area contributed by atoms with Crippen molar-refractivity contribution in [3.63, 3.8) is 0 Å². The Morgan fingerprint density at radius 3 is 2.38 bits per heavy atom. The van der Waals surface area contributed by atoms with Crippen molar-refractivity contribution in [1.82, 2.24) is 0 Å². The van der Waals surface area contributed by atoms with Gasteiger partial charge in [-0.2, -0.15) is 0 Å². The van der Waals surface area contributed by atoms with Gasteiger partial charge in [0.15, 0.2) is 0 Å². The lowest BCUT2D eigenvalue weighted by Gasteiger charge is -2.47. The van der Waals surface area contributed by atoms with E-state index in [9.17, 15) is 0 Å². The van der Waals surface area contributed by atoms with E-state index in [2.05, 4.69) is 70.7 Å². The fourth-order valence-corrected chi connectivity index (χ4v) is 4.07. The molecule has 5 heteroatoms. The Labute approximate surface area is 175 Å². The van der Waals surface area contributed by atoms with Gasteiger partial charge >= 0.3 is 0 Å². The zero-order chi connectivity index (χ0) is 21.8. The van der Waals surface area contributed by atoms with Crippen molar-refractivity contribution in [2.45, 2.75) is 84.6 Å². The van der Waals surface area contributed by atoms with E-state index in [1.54, 1.807) is 0 Å². The second-order valence-corrected chi connectivity index (χ2v) is 9.75. The molecule has 2 N–H and O–H groups in total. The zero-order valence-corrected chi connectivity index (χ0v) is 19.0. The molecule has 0 saturated heterocycles. The molecule has 0 aromatic heterocycles. The minimum Gasteiger partial charge on any atom is -0.493 e. The van der Waals surface area contributed by atoms with Crippen LogP contribution in [0.25, 0.3) is 0 Å². The fourth-order valence-electron chi connectivity index (χ4n) is 4.07. The Kier molecular flexibility index (Phi) is 7.25. The summed E-state index contributed by atoms with van der Waals surface area (Å²) in [6, 6.07) is 4.57. The Morgan fingerprint density at radius 2 is 1.93 bits per heavy atom. The first-order chi connectivity index (χ1) is 13.5. The van der Waals surface area contributed by atoms with E-state index >= 15 is 0 Å². The number of nitrogens with one attached hydrogen (secondary N) is 1. The number of benzene rings is 1. The van der Waals surface area contributed by atoms with E-state index in [0.29, 0.717) is 12.5 Å². The third kappa shape index (κ3) is 5.06. The number of nitrogens with zero attached hydrogens (tertiary/aromatic N) is 2. The Morgan fingerprint density at radius 1 is 1.28 bits per heavy atom. The SMILES string of the molecule is Cc1cc(OCC(C)C)c(C(C)(C)C)cc1C1(C(C)N=CC(C=N)=NO)CCC1. The standard InChI is InChI=1S/C24H37N3O2/c1-16(2)15-29-22-11-17(3)20(12-21(22)23(5,6)7)24(9-8-10-24)18(4)26-14-19(13-25)27-28/h11-14,16,18,25,28H,8-10,15H2,1-7H3. The van der Waals surface area contributed by atoms with E-state index in [4.69, 9.17) is 15.4 Å². The van der Waals surface area contributed by atoms with Gasteiger partial charge in [0.1, 0.15) is 11.5 Å². The molecule has 0 spiro atoms. The number of aryl methyl sites for hydroxylation is 1. The van der Waals surface area contributed by atoms with Gasteiger partial charge in [0.25, 0.3) is 0 Å². The Balaban J connectivity index is 2.49. The molecule has 1 saturated carbocycles. The molecule has 0 aliphatic heterocycles. The van der Waals surface area contributed by atoms with Crippen LogP contribution in [0.15, 0.2) is 22.3 Å². The van der Waals surface area contributed by atoms with Gasteiger partial charge in [-0.15, -0.1) is 0 Å². The van der Waals surface area contributed by atoms with Crippen LogP contribution >= 0.6 is 0 Å². The van der Waals surface area contributed by atoms with Gasteiger partial charge in [-0.05, 0) is 60.8 Å². The number of rotatable bonds is 8. The molecule has 29 heavy (non-hydrogen) atoms. The van der Waals surface area contributed by atoms with Crippen molar-refractivity contribution < 1.29 is 9.94 Å². The van der Waals surface area contributed by atoms with Crippen LogP contribution in [0.3, 0.4) is 0 Å². The third-order valence-electron chi connectivity index (χ3n) is 5.98. The van der Waals surface area contributed by atoms with Crippen molar-refractivity contribution in [1.29, 1.82) is 5.41 Å². The number of hydrogen-bond donors (Lipinski definition) is 2. The minimum atomic E-state index is -0.0280. The fraction of sp³-hybridized carbons (Fsp3) is 0.625. The summed E-state index contributed by atoms with van der Waals surface area (Å²) in [5.41, 5.74) is 3.92. The summed E-state index contributed by atoms with van der Waals surface area (Å²) in [5.74, 6) is 1.46. The summed E-state index contributed by atoms with van der Waals surface area (Å²) < 4.78 is 6.20. The molecule has 0 radical (unpaired) electrons. The van der Waals surface area contributed by atoms with Gasteiger partial charge < -0.3 is 15.4 Å². The third-order valence-corrected chi connectivity index (χ3v) is 5.98. The number of hydrogen-bond acceptors (Lipinski definition) is 5. The predicted octanol–water partition coefficient (Wildman–Crippen LogP) is 5.69. The summed E-state index contributed by atoms with van der Waals surface area (Å²) >= 11 is 0. The predicted molar refractivity (Wildman–Crippen MR) is 122 cm³/mol. The average molecular weight is 400 g/mol. The number of oxime groups is 1. The van der Waals surface area contributed by atoms with Gasteiger partial charge in [0.2, 0.25) is 0 Å². The maximum Gasteiger partial charge on any atom is 0.137 e. The summed E-state index contributed by atoms with van der Waals surface area (Å²) in [7, 11) is 0. The molecule has 5 nitrogen and oxygen atoms in total. The average Bonchev–Trinajstić information content (AvgIpc) is 2.60. The highest BCUT2D eigenvalue weighted by atomic mass is 16.5. The van der Waals surface area contributed by atoms with Crippen LogP contribution in [-0.4, -0.2) is 36.0 Å². The monoisotopic (exact) mass is 399 g/mol. The van der Waals surface area contributed by atoms with Gasteiger partial charge in [-0.25, -0.2) is 0 Å². The van der Waals surface area contributed by atoms with Crippen LogP contribution < -0.4 is 4.74 Å². The highest BCUT2D eigenvalue weighted by Gasteiger charge is 2.45. The van der Waals surface area contributed by atoms with Crippen LogP contribution in [0, 0.1) is 18.3 Å². The van der Waals surface area contributed by atoms with Gasteiger partial charge in [0.05, 0.1) is 18.9 Å². The van der Waals surface area contributed by atoms with Crippen LogP contribution in [0.5, 0.6) is 5.75 Å². The Bertz CT molecular complexity index is 784. The Hall–Kier alpha value is -2.17. The summed E-state index contributed by atoms with van der Waals surface area (Å²) in [5, 5.41) is 19.3. The molecule has 0 amide bonds. The van der Waals surface area contributed by atoms with Gasteiger partial charge in [-0.3, -0.25) is 4.99 Å². The summed E-state index contributed by atoms with van der Waals surface area (Å²) in [6.07, 6.45) is 5.85. The lowest BCUT2D eigenvalue weighted by atomic mass is 9.59. The van der Waals surface area contributed by atoms with Crippen molar-refractivity contribution in [3.05, 3.63) is 28.8 Å². The van der Waals surface area contributed by atoms with Gasteiger partial charge in [-0.1, -0.05) is 52.3 Å². The zero-order valence-electron chi connectivity index (χ0n) is 19.0. The van der Waals surface area contributed by atoms with Crippen LogP contribution in [0.1, 0.15) is 77.5 Å². The summed E-state index contributed by atoms with van der Waals surface area (Å²) in [4.78, 5) is 4.65. The smallest absolute Gasteiger partial charge is 0.137 e. The lowest BCUT2D eigenvalue weighted by molar-refractivity contribution is 0.204. The van der Waals surface area contributed by atoms with E-state index in [0.717, 1.165) is 24.8 Å². The molecule has 2 rings (SSSR count). The highest BCUT2D eigenvalue weighted by Crippen LogP contribution is 2.50. The molecule has 0 heterocycles. The van der Waals surface area contributed by atoms with E-state index in [-0.39, 0.29) is 22.6 Å². The molecule has 1 aromatic carbocycles. The van der Waals surface area contributed by atoms with Crippen molar-refractivity contribution in [3.8, 4) is 5.75 Å². The molecule has 0 bridgehead atoms. The van der Waals surface area contributed by atoms with Crippen LogP contribution in [0.2, 0.25) is 0 Å². The molecular weight excluding hydrogens is 362 g/mol. The quantitative estimate of drug-likeness (QED) is 0.335. The molecule has 1 aliphatic carbocycles. The molecule has 1 aromatic rings. The van der Waals surface area contributed by atoms with Crippen molar-refractivity contribution in [2.24, 2.45) is 16.1 Å². The molecular formula is C24H37N3O2. The summed E-state index contributed by atoms with van der Waals surface area (Å²) in [6.45, 7) is 16.0. The molecule has 1 aliphatic rings. The van der Waals surface area contributed by atoms with Crippen LogP contribution in [0.4, 0.5) is 0 Å². The largest absolute Gasteiger partial charge is 0.493 e. The maximum atomic E-state index is 8.95. The van der Waals surface area contributed by atoms with Crippen molar-refractivity contribution in [2.75, 3.05) is 6.61 Å². The second kappa shape index (κ2) is 9.10. The van der Waals surface area contributed by atoms with Gasteiger partial charge in [0, 0.05) is 11.6 Å². The maximum absolute atomic E-state index is 8.95.